The van der Waals surface area contributed by atoms with Crippen molar-refractivity contribution in [1.82, 2.24) is 14.5 Å². The minimum absolute atomic E-state index is 0.590. The molecule has 0 amide bonds. The fraction of sp³-hybridized carbons (Fsp3) is 0. The number of para-hydroxylation sites is 5. The summed E-state index contributed by atoms with van der Waals surface area (Å²) in [6.45, 7) is 0. The van der Waals surface area contributed by atoms with E-state index in [0.717, 1.165) is 99.4 Å². The largest absolute Gasteiger partial charge is 0.455 e. The van der Waals surface area contributed by atoms with Gasteiger partial charge in [-0.2, -0.15) is 0 Å². The van der Waals surface area contributed by atoms with E-state index in [2.05, 4.69) is 126 Å². The smallest absolute Gasteiger partial charge is 0.164 e. The lowest BCUT2D eigenvalue weighted by molar-refractivity contribution is 0.670. The van der Waals surface area contributed by atoms with Crippen molar-refractivity contribution in [3.63, 3.8) is 0 Å². The van der Waals surface area contributed by atoms with Gasteiger partial charge in [0.1, 0.15) is 22.3 Å². The molecule has 4 heterocycles. The van der Waals surface area contributed by atoms with Crippen LogP contribution in [0.3, 0.4) is 0 Å². The van der Waals surface area contributed by atoms with Gasteiger partial charge < -0.3 is 13.4 Å². The van der Waals surface area contributed by atoms with E-state index in [1.807, 2.05) is 42.5 Å². The van der Waals surface area contributed by atoms with Crippen LogP contribution in [0.4, 0.5) is 0 Å². The minimum Gasteiger partial charge on any atom is -0.455 e. The molecule has 51 heavy (non-hydrogen) atoms. The highest BCUT2D eigenvalue weighted by Crippen LogP contribution is 2.43. The Bertz CT molecular complexity index is 3130. The Kier molecular flexibility index (Phi) is 5.89. The third-order valence-corrected chi connectivity index (χ3v) is 10.0. The summed E-state index contributed by atoms with van der Waals surface area (Å²) in [7, 11) is 0. The molecule has 0 fully saturated rings. The first-order chi connectivity index (χ1) is 25.3. The number of benzene rings is 7. The summed E-state index contributed by atoms with van der Waals surface area (Å²) in [5.74, 6) is 0.590. The van der Waals surface area contributed by atoms with Gasteiger partial charge in [-0.25, -0.2) is 9.97 Å². The molecule has 0 N–H and O–H groups in total. The van der Waals surface area contributed by atoms with Crippen LogP contribution >= 0.6 is 0 Å². The predicted octanol–water partition coefficient (Wildman–Crippen LogP) is 12.4. The van der Waals surface area contributed by atoms with E-state index in [-0.39, 0.29) is 0 Å². The number of rotatable bonds is 4. The highest BCUT2D eigenvalue weighted by atomic mass is 16.3. The molecule has 0 spiro atoms. The maximum atomic E-state index is 7.00. The van der Waals surface area contributed by atoms with Crippen molar-refractivity contribution < 1.29 is 8.83 Å². The van der Waals surface area contributed by atoms with Gasteiger partial charge in [-0.05, 0) is 54.6 Å². The van der Waals surface area contributed by atoms with Crippen LogP contribution in [0.1, 0.15) is 0 Å². The molecule has 0 aliphatic carbocycles. The van der Waals surface area contributed by atoms with Gasteiger partial charge >= 0.3 is 0 Å². The Labute approximate surface area is 291 Å². The molecular weight excluding hydrogens is 627 g/mol. The fourth-order valence-electron chi connectivity index (χ4n) is 7.75. The van der Waals surface area contributed by atoms with Crippen LogP contribution in [0.25, 0.3) is 105 Å². The first-order valence-corrected chi connectivity index (χ1v) is 17.1. The zero-order valence-corrected chi connectivity index (χ0v) is 27.2. The second-order valence-electron chi connectivity index (χ2n) is 12.9. The lowest BCUT2D eigenvalue weighted by atomic mass is 10.0. The molecule has 0 unspecified atom stereocenters. The average Bonchev–Trinajstić information content (AvgIpc) is 3.88. The van der Waals surface area contributed by atoms with Crippen LogP contribution < -0.4 is 0 Å². The zero-order valence-electron chi connectivity index (χ0n) is 27.2. The fourth-order valence-corrected chi connectivity index (χ4v) is 7.75. The first-order valence-electron chi connectivity index (χ1n) is 17.1. The molecule has 0 aliphatic heterocycles. The SMILES string of the molecule is c1ccc(-c2cc(-c3cccc4c3oc3ccccc34)nc(-c3cccc4c3oc3c4ccc4c3c3ccccc3n4-c3ccccc3)n2)cc1. The number of nitrogens with zero attached hydrogens (tertiary/aromatic N) is 3. The van der Waals surface area contributed by atoms with Crippen molar-refractivity contribution in [2.75, 3.05) is 0 Å². The summed E-state index contributed by atoms with van der Waals surface area (Å²) in [4.78, 5) is 10.5. The lowest BCUT2D eigenvalue weighted by Gasteiger charge is -2.10. The second kappa shape index (κ2) is 10.8. The summed E-state index contributed by atoms with van der Waals surface area (Å²) in [5.41, 5.74) is 11.0. The molecule has 5 nitrogen and oxygen atoms in total. The van der Waals surface area contributed by atoms with E-state index in [1.165, 1.54) is 0 Å². The van der Waals surface area contributed by atoms with Gasteiger partial charge in [0.25, 0.3) is 0 Å². The van der Waals surface area contributed by atoms with Crippen LogP contribution in [-0.4, -0.2) is 14.5 Å². The molecule has 238 valence electrons. The zero-order chi connectivity index (χ0) is 33.5. The number of hydrogen-bond donors (Lipinski definition) is 0. The molecule has 0 radical (unpaired) electrons. The highest BCUT2D eigenvalue weighted by molar-refractivity contribution is 6.24. The van der Waals surface area contributed by atoms with Crippen molar-refractivity contribution in [3.05, 3.63) is 164 Å². The van der Waals surface area contributed by atoms with E-state index in [1.54, 1.807) is 0 Å². The second-order valence-corrected chi connectivity index (χ2v) is 12.9. The molecule has 0 saturated heterocycles. The molecule has 0 bridgehead atoms. The standard InChI is InChI=1S/C46H27N3O2/c1-3-13-28(14-4-1)37-27-38(34-21-11-19-31-30-17-8-10-24-41(30)50-43(31)34)48-46(47-37)36-22-12-20-32-33-25-26-40-42(45(33)51-44(32)36)35-18-7-9-23-39(35)49(40)29-15-5-2-6-16-29/h1-27H. The Morgan fingerprint density at radius 2 is 1.04 bits per heavy atom. The van der Waals surface area contributed by atoms with Crippen LogP contribution in [0.5, 0.6) is 0 Å². The van der Waals surface area contributed by atoms with Crippen molar-refractivity contribution >= 4 is 65.7 Å². The monoisotopic (exact) mass is 653 g/mol. The third kappa shape index (κ3) is 4.15. The topological polar surface area (TPSA) is 57.0 Å². The Balaban J connectivity index is 1.19. The van der Waals surface area contributed by atoms with Crippen LogP contribution in [0.2, 0.25) is 0 Å². The van der Waals surface area contributed by atoms with Gasteiger partial charge in [0, 0.05) is 43.7 Å². The van der Waals surface area contributed by atoms with Crippen molar-refractivity contribution in [3.8, 4) is 39.6 Å². The van der Waals surface area contributed by atoms with Gasteiger partial charge in [-0.1, -0.05) is 109 Å². The minimum atomic E-state index is 0.590. The molecule has 0 saturated carbocycles. The molecule has 0 aliphatic rings. The van der Waals surface area contributed by atoms with Crippen LogP contribution in [0.15, 0.2) is 173 Å². The maximum Gasteiger partial charge on any atom is 0.164 e. The maximum absolute atomic E-state index is 7.00. The van der Waals surface area contributed by atoms with Gasteiger partial charge in [0.15, 0.2) is 5.82 Å². The van der Waals surface area contributed by atoms with Gasteiger partial charge in [0.05, 0.1) is 33.4 Å². The molecule has 4 aromatic heterocycles. The van der Waals surface area contributed by atoms with E-state index < -0.39 is 0 Å². The predicted molar refractivity (Wildman–Crippen MR) is 207 cm³/mol. The lowest BCUT2D eigenvalue weighted by Crippen LogP contribution is -1.96. The quantitative estimate of drug-likeness (QED) is 0.190. The summed E-state index contributed by atoms with van der Waals surface area (Å²) >= 11 is 0. The van der Waals surface area contributed by atoms with Gasteiger partial charge in [0.2, 0.25) is 0 Å². The Morgan fingerprint density at radius 1 is 0.412 bits per heavy atom. The van der Waals surface area contributed by atoms with Crippen LogP contribution in [-0.2, 0) is 0 Å². The average molecular weight is 654 g/mol. The summed E-state index contributed by atoms with van der Waals surface area (Å²) in [5, 5.41) is 6.45. The molecule has 11 rings (SSSR count). The summed E-state index contributed by atoms with van der Waals surface area (Å²) in [6.07, 6.45) is 0. The van der Waals surface area contributed by atoms with E-state index in [9.17, 15) is 0 Å². The summed E-state index contributed by atoms with van der Waals surface area (Å²) in [6, 6.07) is 56.4. The Morgan fingerprint density at radius 3 is 1.88 bits per heavy atom. The van der Waals surface area contributed by atoms with Gasteiger partial charge in [-0.15, -0.1) is 0 Å². The molecule has 11 aromatic rings. The first kappa shape index (κ1) is 27.9. The third-order valence-electron chi connectivity index (χ3n) is 10.0. The van der Waals surface area contributed by atoms with E-state index in [4.69, 9.17) is 18.8 Å². The van der Waals surface area contributed by atoms with E-state index in [0.29, 0.717) is 5.82 Å². The van der Waals surface area contributed by atoms with Crippen molar-refractivity contribution in [2.45, 2.75) is 0 Å². The van der Waals surface area contributed by atoms with Gasteiger partial charge in [-0.3, -0.25) is 0 Å². The normalized spacial score (nSPS) is 11.9. The number of aromatic nitrogens is 3. The Hall–Kier alpha value is -6.98. The highest BCUT2D eigenvalue weighted by Gasteiger charge is 2.22. The van der Waals surface area contributed by atoms with Crippen LogP contribution in [0, 0.1) is 0 Å². The van der Waals surface area contributed by atoms with E-state index >= 15 is 0 Å². The summed E-state index contributed by atoms with van der Waals surface area (Å²) < 4.78 is 15.8. The molecule has 0 atom stereocenters. The van der Waals surface area contributed by atoms with Crippen molar-refractivity contribution in [2.24, 2.45) is 0 Å². The number of fused-ring (bicyclic) bond motifs is 10. The number of furan rings is 2. The molecular formula is C46H27N3O2. The molecule has 7 aromatic carbocycles. The van der Waals surface area contributed by atoms with Crippen molar-refractivity contribution in [1.29, 1.82) is 0 Å². The molecule has 5 heteroatoms. The number of hydrogen-bond acceptors (Lipinski definition) is 4.